The van der Waals surface area contributed by atoms with Gasteiger partial charge < -0.3 is 10.1 Å². The van der Waals surface area contributed by atoms with Crippen molar-refractivity contribution in [2.24, 2.45) is 5.92 Å². The zero-order valence-electron chi connectivity index (χ0n) is 17.3. The molecule has 0 bridgehead atoms. The highest BCUT2D eigenvalue weighted by Crippen LogP contribution is 2.32. The maximum atomic E-state index is 12.4. The number of pyridine rings is 1. The molecule has 0 radical (unpaired) electrons. The molecular weight excluding hydrogens is 374 g/mol. The summed E-state index contributed by atoms with van der Waals surface area (Å²) in [4.78, 5) is 16.7. The fourth-order valence-corrected chi connectivity index (χ4v) is 3.81. The standard InChI is InChI=1S/C25H27N3O2/c1-3-5-23-22(4-2)24(14-15-27-23)30-21-12-8-18(9-13-21)16-25(29)28-20-10-6-19(17-26)7-11-20/h3-7,10-11,14-15,18,21H,2,8-9,12-13,16H2,1H3,(H,28,29)/b5-3-. The lowest BCUT2D eigenvalue weighted by atomic mass is 9.85. The number of anilines is 1. The predicted octanol–water partition coefficient (Wildman–Crippen LogP) is 5.60. The second kappa shape index (κ2) is 10.4. The van der Waals surface area contributed by atoms with Crippen molar-refractivity contribution in [3.63, 3.8) is 0 Å². The third-order valence-corrected chi connectivity index (χ3v) is 5.37. The van der Waals surface area contributed by atoms with Crippen LogP contribution in [0.5, 0.6) is 5.75 Å². The van der Waals surface area contributed by atoms with E-state index in [0.717, 1.165) is 48.4 Å². The van der Waals surface area contributed by atoms with Gasteiger partial charge in [-0.3, -0.25) is 9.78 Å². The summed E-state index contributed by atoms with van der Waals surface area (Å²) < 4.78 is 6.26. The summed E-state index contributed by atoms with van der Waals surface area (Å²) in [7, 11) is 0. The normalized spacial score (nSPS) is 18.5. The van der Waals surface area contributed by atoms with E-state index < -0.39 is 0 Å². The number of allylic oxidation sites excluding steroid dienone is 1. The number of ether oxygens (including phenoxy) is 1. The van der Waals surface area contributed by atoms with Gasteiger partial charge in [-0.05, 0) is 74.9 Å². The van der Waals surface area contributed by atoms with Crippen LogP contribution in [-0.4, -0.2) is 17.0 Å². The molecule has 1 aromatic heterocycles. The number of rotatable bonds is 7. The molecular formula is C25H27N3O2. The Morgan fingerprint density at radius 2 is 2.00 bits per heavy atom. The van der Waals surface area contributed by atoms with Gasteiger partial charge in [0.2, 0.25) is 5.91 Å². The van der Waals surface area contributed by atoms with E-state index in [1.54, 1.807) is 36.5 Å². The number of hydrogen-bond acceptors (Lipinski definition) is 4. The van der Waals surface area contributed by atoms with Gasteiger partial charge in [0.25, 0.3) is 0 Å². The van der Waals surface area contributed by atoms with Crippen molar-refractivity contribution in [2.75, 3.05) is 5.32 Å². The Balaban J connectivity index is 1.50. The monoisotopic (exact) mass is 401 g/mol. The minimum absolute atomic E-state index is 0.0168. The van der Waals surface area contributed by atoms with Crippen LogP contribution < -0.4 is 10.1 Å². The number of carbonyl (C=O) groups excluding carboxylic acids is 1. The molecule has 3 rings (SSSR count). The first-order chi connectivity index (χ1) is 14.6. The molecule has 0 saturated heterocycles. The number of hydrogen-bond donors (Lipinski definition) is 1. The van der Waals surface area contributed by atoms with Gasteiger partial charge in [0.15, 0.2) is 0 Å². The molecule has 1 aliphatic rings. The highest BCUT2D eigenvalue weighted by atomic mass is 16.5. The molecule has 154 valence electrons. The van der Waals surface area contributed by atoms with Crippen LogP contribution in [0.2, 0.25) is 0 Å². The summed E-state index contributed by atoms with van der Waals surface area (Å²) in [6.45, 7) is 5.86. The minimum Gasteiger partial charge on any atom is -0.490 e. The highest BCUT2D eigenvalue weighted by Gasteiger charge is 2.25. The van der Waals surface area contributed by atoms with Crippen LogP contribution in [0.1, 0.15) is 55.8 Å². The topological polar surface area (TPSA) is 75.0 Å². The number of benzene rings is 1. The van der Waals surface area contributed by atoms with Crippen molar-refractivity contribution in [1.29, 1.82) is 5.26 Å². The molecule has 1 aliphatic carbocycles. The molecule has 1 N–H and O–H groups in total. The van der Waals surface area contributed by atoms with Crippen molar-refractivity contribution < 1.29 is 9.53 Å². The second-order valence-electron chi connectivity index (χ2n) is 7.51. The van der Waals surface area contributed by atoms with Gasteiger partial charge >= 0.3 is 0 Å². The Hall–Kier alpha value is -3.39. The number of amides is 1. The molecule has 1 amide bonds. The lowest BCUT2D eigenvalue weighted by molar-refractivity contribution is -0.117. The molecule has 1 heterocycles. The largest absolute Gasteiger partial charge is 0.490 e. The van der Waals surface area contributed by atoms with E-state index in [1.807, 2.05) is 25.1 Å². The highest BCUT2D eigenvalue weighted by molar-refractivity contribution is 5.90. The van der Waals surface area contributed by atoms with E-state index in [4.69, 9.17) is 10.00 Å². The van der Waals surface area contributed by atoms with Gasteiger partial charge in [-0.15, -0.1) is 0 Å². The van der Waals surface area contributed by atoms with E-state index in [2.05, 4.69) is 22.9 Å². The van der Waals surface area contributed by atoms with Crippen molar-refractivity contribution in [3.8, 4) is 11.8 Å². The number of carbonyl (C=O) groups is 1. The van der Waals surface area contributed by atoms with E-state index in [-0.39, 0.29) is 12.0 Å². The third-order valence-electron chi connectivity index (χ3n) is 5.37. The van der Waals surface area contributed by atoms with Crippen molar-refractivity contribution in [1.82, 2.24) is 4.98 Å². The van der Waals surface area contributed by atoms with Crippen LogP contribution in [0, 0.1) is 17.2 Å². The van der Waals surface area contributed by atoms with E-state index in [9.17, 15) is 4.79 Å². The van der Waals surface area contributed by atoms with Crippen LogP contribution in [0.3, 0.4) is 0 Å². The number of nitrogens with one attached hydrogen (secondary N) is 1. The molecule has 0 atom stereocenters. The van der Waals surface area contributed by atoms with Crippen molar-refractivity contribution in [2.45, 2.75) is 45.1 Å². The first-order valence-electron chi connectivity index (χ1n) is 10.3. The second-order valence-corrected chi connectivity index (χ2v) is 7.51. The average molecular weight is 402 g/mol. The molecule has 30 heavy (non-hydrogen) atoms. The van der Waals surface area contributed by atoms with Crippen molar-refractivity contribution >= 4 is 23.7 Å². The number of aromatic nitrogens is 1. The van der Waals surface area contributed by atoms with Crippen LogP contribution >= 0.6 is 0 Å². The number of nitriles is 1. The molecule has 5 heteroatoms. The maximum Gasteiger partial charge on any atom is 0.224 e. The van der Waals surface area contributed by atoms with Crippen LogP contribution in [0.25, 0.3) is 12.2 Å². The smallest absolute Gasteiger partial charge is 0.224 e. The molecule has 1 aromatic carbocycles. The van der Waals surface area contributed by atoms with Gasteiger partial charge in [0.05, 0.1) is 23.4 Å². The zero-order valence-corrected chi connectivity index (χ0v) is 17.3. The molecule has 2 aromatic rings. The summed E-state index contributed by atoms with van der Waals surface area (Å²) in [5.74, 6) is 1.19. The first-order valence-corrected chi connectivity index (χ1v) is 10.3. The minimum atomic E-state index is 0.0168. The molecule has 0 unspecified atom stereocenters. The lowest BCUT2D eigenvalue weighted by Gasteiger charge is -2.29. The lowest BCUT2D eigenvalue weighted by Crippen LogP contribution is -2.27. The van der Waals surface area contributed by atoms with Gasteiger partial charge in [0, 0.05) is 23.9 Å². The van der Waals surface area contributed by atoms with Gasteiger partial charge in [-0.1, -0.05) is 18.7 Å². The molecule has 1 fully saturated rings. The van der Waals surface area contributed by atoms with E-state index in [0.29, 0.717) is 17.9 Å². The Bertz CT molecular complexity index is 949. The Kier molecular flexibility index (Phi) is 7.40. The quantitative estimate of drug-likeness (QED) is 0.656. The predicted molar refractivity (Wildman–Crippen MR) is 120 cm³/mol. The Labute approximate surface area is 178 Å². The fraction of sp³-hybridized carbons (Fsp3) is 0.320. The summed E-state index contributed by atoms with van der Waals surface area (Å²) >= 11 is 0. The molecule has 0 aliphatic heterocycles. The Morgan fingerprint density at radius 3 is 2.63 bits per heavy atom. The third kappa shape index (κ3) is 5.57. The molecule has 0 spiro atoms. The summed E-state index contributed by atoms with van der Waals surface area (Å²) in [6, 6.07) is 10.9. The first kappa shape index (κ1) is 21.3. The van der Waals surface area contributed by atoms with Gasteiger partial charge in [-0.2, -0.15) is 5.26 Å². The van der Waals surface area contributed by atoms with Crippen LogP contribution in [0.15, 0.2) is 49.2 Å². The number of nitrogens with zero attached hydrogens (tertiary/aromatic N) is 2. The van der Waals surface area contributed by atoms with Gasteiger partial charge in [0.1, 0.15) is 5.75 Å². The van der Waals surface area contributed by atoms with Crippen LogP contribution in [-0.2, 0) is 4.79 Å². The molecule has 1 saturated carbocycles. The van der Waals surface area contributed by atoms with Crippen LogP contribution in [0.4, 0.5) is 5.69 Å². The molecule has 5 nitrogen and oxygen atoms in total. The summed E-state index contributed by atoms with van der Waals surface area (Å²) in [6.07, 6.45) is 11.9. The SMILES string of the molecule is C=Cc1c(OC2CCC(CC(=O)Nc3ccc(C#N)cc3)CC2)ccnc1/C=C\C. The zero-order chi connectivity index (χ0) is 21.3. The van der Waals surface area contributed by atoms with Gasteiger partial charge in [-0.25, -0.2) is 0 Å². The van der Waals surface area contributed by atoms with E-state index in [1.165, 1.54) is 0 Å². The summed E-state index contributed by atoms with van der Waals surface area (Å²) in [5.41, 5.74) is 3.08. The fourth-order valence-electron chi connectivity index (χ4n) is 3.81. The van der Waals surface area contributed by atoms with Crippen molar-refractivity contribution in [3.05, 3.63) is 66.0 Å². The van der Waals surface area contributed by atoms with E-state index >= 15 is 0 Å². The average Bonchev–Trinajstić information content (AvgIpc) is 2.76. The Morgan fingerprint density at radius 1 is 1.27 bits per heavy atom. The summed E-state index contributed by atoms with van der Waals surface area (Å²) in [5, 5.41) is 11.8. The maximum absolute atomic E-state index is 12.4.